The van der Waals surface area contributed by atoms with E-state index in [1.807, 2.05) is 22.3 Å². The van der Waals surface area contributed by atoms with E-state index in [9.17, 15) is 0 Å². The highest BCUT2D eigenvalue weighted by Crippen LogP contribution is 2.72. The van der Waals surface area contributed by atoms with E-state index >= 15 is 0 Å². The summed E-state index contributed by atoms with van der Waals surface area (Å²) in [7, 11) is 0. The fourth-order valence-corrected chi connectivity index (χ4v) is 31.1. The Labute approximate surface area is 622 Å². The Morgan fingerprint density at radius 3 is 0.780 bits per heavy atom. The van der Waals surface area contributed by atoms with Gasteiger partial charge in [0.25, 0.3) is 0 Å². The predicted octanol–water partition coefficient (Wildman–Crippen LogP) is 30.4. The van der Waals surface area contributed by atoms with Crippen molar-refractivity contribution < 1.29 is 0 Å². The molecule has 10 saturated carbocycles. The summed E-state index contributed by atoms with van der Waals surface area (Å²) in [5.74, 6) is 17.2. The first-order valence-corrected chi connectivity index (χ1v) is 44.7. The molecule has 26 atom stereocenters. The molecule has 564 valence electrons. The molecule has 22 unspecified atom stereocenters. The van der Waals surface area contributed by atoms with Crippen LogP contribution in [0, 0.1) is 172 Å². The van der Waals surface area contributed by atoms with Gasteiger partial charge in [0, 0.05) is 0 Å². The standard InChI is InChI=1S/2C25H42.2C25H40/c4*1-17-7-10-21-20-9-8-19-15-18(16-23(2,3)4)11-13-25(19,6)22(20)12-14-24(17,21)5/h2*15,17-18,20-22H,7-14,16H2,1-6H3;2*7,15,18,20-22H,8-14,16H2,1-6H3/t2*17?,18-,20?,21?,22?,24?,25?;2*18-,20?,21?,22?,24?,25?/m1010/s1. The second-order valence-corrected chi connectivity index (χ2v) is 47.6. The van der Waals surface area contributed by atoms with Crippen LogP contribution in [-0.4, -0.2) is 0 Å². The molecule has 0 aromatic heterocycles. The van der Waals surface area contributed by atoms with Crippen molar-refractivity contribution in [3.63, 3.8) is 0 Å². The second-order valence-electron chi connectivity index (χ2n) is 47.6. The van der Waals surface area contributed by atoms with Crippen LogP contribution in [0.2, 0.25) is 0 Å². The zero-order valence-corrected chi connectivity index (χ0v) is 70.9. The minimum absolute atomic E-state index is 0.465. The van der Waals surface area contributed by atoms with Gasteiger partial charge < -0.3 is 0 Å². The maximum atomic E-state index is 2.77. The molecule has 0 aromatic rings. The minimum Gasteiger partial charge on any atom is -0.0847 e. The van der Waals surface area contributed by atoms with Crippen LogP contribution in [0.3, 0.4) is 0 Å². The van der Waals surface area contributed by atoms with Crippen molar-refractivity contribution in [2.45, 2.75) is 384 Å². The summed E-state index contributed by atoms with van der Waals surface area (Å²) in [5.41, 5.74) is 17.3. The molecular formula is C100H164. The fraction of sp³-hybridized carbons (Fsp3) is 0.880. The number of hydrogen-bond acceptors (Lipinski definition) is 0. The summed E-state index contributed by atoms with van der Waals surface area (Å²) in [6.45, 7) is 60.0. The quantitative estimate of drug-likeness (QED) is 0.246. The topological polar surface area (TPSA) is 0 Å². The van der Waals surface area contributed by atoms with Crippen LogP contribution in [0.1, 0.15) is 384 Å². The average molecular weight is 1370 g/mol. The molecule has 0 aliphatic heterocycles. The largest absolute Gasteiger partial charge is 0.0847 e. The molecule has 0 nitrogen and oxygen atoms in total. The summed E-state index contributed by atoms with van der Waals surface area (Å²) in [6.07, 6.45) is 65.5. The van der Waals surface area contributed by atoms with Gasteiger partial charge in [-0.2, -0.15) is 0 Å². The molecular weight excluding hydrogens is 1200 g/mol. The molecule has 16 aliphatic rings. The monoisotopic (exact) mass is 1370 g/mol. The summed E-state index contributed by atoms with van der Waals surface area (Å²) in [5, 5.41) is 0. The van der Waals surface area contributed by atoms with E-state index in [1.54, 1.807) is 11.1 Å². The van der Waals surface area contributed by atoms with Crippen LogP contribution in [-0.2, 0) is 0 Å². The van der Waals surface area contributed by atoms with Crippen LogP contribution in [0.25, 0.3) is 0 Å². The molecule has 0 heteroatoms. The van der Waals surface area contributed by atoms with Crippen molar-refractivity contribution in [3.8, 4) is 0 Å². The molecule has 16 rings (SSSR count). The van der Waals surface area contributed by atoms with Crippen molar-refractivity contribution in [3.05, 3.63) is 69.9 Å². The van der Waals surface area contributed by atoms with Gasteiger partial charge in [-0.1, -0.05) is 222 Å². The van der Waals surface area contributed by atoms with Gasteiger partial charge in [-0.05, 0) is 404 Å². The Kier molecular flexibility index (Phi) is 20.9. The molecule has 16 aliphatic carbocycles. The zero-order valence-electron chi connectivity index (χ0n) is 70.9. The summed E-state index contributed by atoms with van der Waals surface area (Å²) >= 11 is 0. The van der Waals surface area contributed by atoms with Crippen LogP contribution < -0.4 is 0 Å². The highest BCUT2D eigenvalue weighted by Gasteiger charge is 2.62. The van der Waals surface area contributed by atoms with Crippen molar-refractivity contribution in [1.29, 1.82) is 0 Å². The number of fused-ring (bicyclic) bond motifs is 20. The molecule has 100 heavy (non-hydrogen) atoms. The molecule has 0 radical (unpaired) electrons. The zero-order chi connectivity index (χ0) is 72.1. The van der Waals surface area contributed by atoms with Crippen molar-refractivity contribution in [2.24, 2.45) is 172 Å². The van der Waals surface area contributed by atoms with E-state index in [0.717, 1.165) is 107 Å². The lowest BCUT2D eigenvalue weighted by Gasteiger charge is -2.58. The lowest BCUT2D eigenvalue weighted by Crippen LogP contribution is -2.50. The average Bonchev–Trinajstić information content (AvgIpc) is 1.40. The molecule has 0 N–H and O–H groups in total. The maximum Gasteiger partial charge on any atom is -0.00851 e. The molecule has 0 aromatic carbocycles. The minimum atomic E-state index is 0.465. The molecule has 10 fully saturated rings. The predicted molar refractivity (Wildman–Crippen MR) is 434 cm³/mol. The molecule has 0 saturated heterocycles. The fourth-order valence-electron chi connectivity index (χ4n) is 31.1. The van der Waals surface area contributed by atoms with Gasteiger partial charge >= 0.3 is 0 Å². The SMILES string of the molecule is CC1=CCC2C3CCC4=C[C@@H](CC(C)(C)C)CCC4(C)C3CCC12C.CC1=CCC2C3CCC4=C[C@H](CC(C)(C)C)CCC4(C)C3CCC12C.CC1CCC2C3CCC4=C[C@@H](CC(C)(C)C)CCC4(C)C3CCC12C.CC1CCC2C3CCC4=C[C@H](CC(C)(C)C)CCC4(C)C3CCC12C. The molecule has 0 spiro atoms. The van der Waals surface area contributed by atoms with Crippen LogP contribution in [0.4, 0.5) is 0 Å². The normalized spacial score (nSPS) is 48.2. The Morgan fingerprint density at radius 1 is 0.280 bits per heavy atom. The van der Waals surface area contributed by atoms with Crippen molar-refractivity contribution >= 4 is 0 Å². The number of rotatable bonds is 4. The van der Waals surface area contributed by atoms with Crippen molar-refractivity contribution in [2.75, 3.05) is 0 Å². The van der Waals surface area contributed by atoms with Gasteiger partial charge in [-0.15, -0.1) is 0 Å². The van der Waals surface area contributed by atoms with Gasteiger partial charge in [-0.3, -0.25) is 0 Å². The summed E-state index contributed by atoms with van der Waals surface area (Å²) in [6, 6.07) is 0. The highest BCUT2D eigenvalue weighted by molar-refractivity contribution is 5.32. The van der Waals surface area contributed by atoms with E-state index in [1.165, 1.54) is 218 Å². The molecule has 0 heterocycles. The third-order valence-corrected chi connectivity index (χ3v) is 37.2. The molecule has 0 amide bonds. The molecule has 0 bridgehead atoms. The smallest absolute Gasteiger partial charge is 0.00851 e. The third-order valence-electron chi connectivity index (χ3n) is 37.2. The van der Waals surface area contributed by atoms with E-state index in [-0.39, 0.29) is 0 Å². The van der Waals surface area contributed by atoms with E-state index in [0.29, 0.717) is 65.0 Å². The Balaban J connectivity index is 0.000000119. The summed E-state index contributed by atoms with van der Waals surface area (Å²) < 4.78 is 0. The van der Waals surface area contributed by atoms with Crippen molar-refractivity contribution in [1.82, 2.24) is 0 Å². The Hall–Kier alpha value is -1.56. The third kappa shape index (κ3) is 14.0. The van der Waals surface area contributed by atoms with Gasteiger partial charge in [0.2, 0.25) is 0 Å². The Bertz CT molecular complexity index is 2790. The van der Waals surface area contributed by atoms with Gasteiger partial charge in [-0.25, -0.2) is 0 Å². The Morgan fingerprint density at radius 2 is 0.520 bits per heavy atom. The second kappa shape index (κ2) is 27.2. The number of allylic oxidation sites excluding steroid dienone is 12. The van der Waals surface area contributed by atoms with Gasteiger partial charge in [0.15, 0.2) is 0 Å². The summed E-state index contributed by atoms with van der Waals surface area (Å²) in [4.78, 5) is 0. The lowest BCUT2D eigenvalue weighted by molar-refractivity contribution is -0.0508. The maximum absolute atomic E-state index is 2.77. The first-order valence-electron chi connectivity index (χ1n) is 44.7. The number of hydrogen-bond donors (Lipinski definition) is 0. The van der Waals surface area contributed by atoms with E-state index < -0.39 is 0 Å². The first kappa shape index (κ1) is 76.6. The van der Waals surface area contributed by atoms with E-state index in [2.05, 4.69) is 203 Å². The lowest BCUT2D eigenvalue weighted by atomic mass is 9.46. The van der Waals surface area contributed by atoms with Crippen LogP contribution in [0.5, 0.6) is 0 Å². The van der Waals surface area contributed by atoms with Gasteiger partial charge in [0.1, 0.15) is 0 Å². The van der Waals surface area contributed by atoms with Gasteiger partial charge in [0.05, 0.1) is 0 Å². The van der Waals surface area contributed by atoms with Crippen LogP contribution in [0.15, 0.2) is 69.9 Å². The van der Waals surface area contributed by atoms with Crippen LogP contribution >= 0.6 is 0 Å². The first-order chi connectivity index (χ1) is 46.5. The highest BCUT2D eigenvalue weighted by atomic mass is 14.7. The van der Waals surface area contributed by atoms with E-state index in [4.69, 9.17) is 0 Å².